The van der Waals surface area contributed by atoms with Crippen LogP contribution >= 0.6 is 22.9 Å². The zero-order valence-corrected chi connectivity index (χ0v) is 12.3. The van der Waals surface area contributed by atoms with Gasteiger partial charge in [0.15, 0.2) is 5.82 Å². The summed E-state index contributed by atoms with van der Waals surface area (Å²) in [5, 5.41) is 7.96. The fourth-order valence-corrected chi connectivity index (χ4v) is 3.00. The van der Waals surface area contributed by atoms with E-state index in [1.165, 1.54) is 0 Å². The summed E-state index contributed by atoms with van der Waals surface area (Å²) in [6.45, 7) is 5.67. The Labute approximate surface area is 125 Å². The molecule has 0 saturated carbocycles. The molecule has 0 unspecified atom stereocenters. The number of anilines is 2. The molecule has 0 radical (unpaired) electrons. The minimum Gasteiger partial charge on any atom is -0.217 e. The van der Waals surface area contributed by atoms with Crippen molar-refractivity contribution in [3.63, 3.8) is 0 Å². The van der Waals surface area contributed by atoms with E-state index in [0.29, 0.717) is 5.82 Å². The Morgan fingerprint density at radius 3 is 2.80 bits per heavy atom. The first-order chi connectivity index (χ1) is 9.70. The first kappa shape index (κ1) is 13.0. The second-order valence-corrected chi connectivity index (χ2v) is 5.45. The Bertz CT molecular complexity index is 784. The number of halogens is 1. The highest BCUT2D eigenvalue weighted by molar-refractivity contribution is 7.17. The zero-order chi connectivity index (χ0) is 14.1. The van der Waals surface area contributed by atoms with Crippen molar-refractivity contribution in [1.82, 2.24) is 9.97 Å². The van der Waals surface area contributed by atoms with Crippen LogP contribution in [0.4, 0.5) is 11.5 Å². The normalized spacial score (nSPS) is 10.7. The number of fused-ring (bicyclic) bond motifs is 1. The third-order valence-corrected chi connectivity index (χ3v) is 4.01. The smallest absolute Gasteiger partial charge is 0.217 e. The van der Waals surface area contributed by atoms with E-state index in [0.717, 1.165) is 21.5 Å². The molecule has 3 aromatic rings. The van der Waals surface area contributed by atoms with Gasteiger partial charge in [-0.1, -0.05) is 18.2 Å². The van der Waals surface area contributed by atoms with Crippen LogP contribution in [0.5, 0.6) is 0 Å². The van der Waals surface area contributed by atoms with E-state index in [1.54, 1.807) is 16.3 Å². The molecule has 0 saturated heterocycles. The van der Waals surface area contributed by atoms with Gasteiger partial charge >= 0.3 is 0 Å². The highest BCUT2D eigenvalue weighted by Gasteiger charge is 2.17. The molecule has 100 valence electrons. The molecule has 0 bridgehead atoms. The Balaban J connectivity index is 2.24. The van der Waals surface area contributed by atoms with Crippen LogP contribution in [0.2, 0.25) is 5.28 Å². The van der Waals surface area contributed by atoms with E-state index in [2.05, 4.69) is 21.8 Å². The van der Waals surface area contributed by atoms with Crippen LogP contribution in [0.3, 0.4) is 0 Å². The van der Waals surface area contributed by atoms with Crippen molar-refractivity contribution in [3.8, 4) is 0 Å². The lowest BCUT2D eigenvalue weighted by Crippen LogP contribution is -2.11. The largest absolute Gasteiger partial charge is 0.225 e. The van der Waals surface area contributed by atoms with Crippen molar-refractivity contribution in [1.29, 1.82) is 0 Å². The zero-order valence-electron chi connectivity index (χ0n) is 10.7. The quantitative estimate of drug-likeness (QED) is 0.409. The van der Waals surface area contributed by atoms with Gasteiger partial charge in [-0.05, 0) is 41.6 Å². The maximum absolute atomic E-state index is 6.00. The van der Waals surface area contributed by atoms with E-state index in [9.17, 15) is 0 Å². The predicted octanol–water partition coefficient (Wildman–Crippen LogP) is 4.41. The third-order valence-electron chi connectivity index (χ3n) is 2.94. The van der Waals surface area contributed by atoms with Crippen LogP contribution in [0, 0.1) is 6.92 Å². The number of hydrogen-bond acceptors (Lipinski definition) is 5. The van der Waals surface area contributed by atoms with Crippen molar-refractivity contribution in [2.75, 3.05) is 5.01 Å². The minimum atomic E-state index is 0.202. The van der Waals surface area contributed by atoms with E-state index in [1.807, 2.05) is 42.6 Å². The van der Waals surface area contributed by atoms with Crippen LogP contribution < -0.4 is 5.01 Å². The number of hydrogen-bond donors (Lipinski definition) is 0. The van der Waals surface area contributed by atoms with Crippen molar-refractivity contribution in [2.24, 2.45) is 5.10 Å². The number of aromatic nitrogens is 2. The van der Waals surface area contributed by atoms with Gasteiger partial charge in [0, 0.05) is 6.72 Å². The molecular weight excluding hydrogens is 292 g/mol. The summed E-state index contributed by atoms with van der Waals surface area (Å²) in [6, 6.07) is 9.83. The highest BCUT2D eigenvalue weighted by Crippen LogP contribution is 2.35. The second kappa shape index (κ2) is 5.19. The van der Waals surface area contributed by atoms with Crippen LogP contribution in [0.25, 0.3) is 10.2 Å². The lowest BCUT2D eigenvalue weighted by atomic mass is 10.2. The molecular formula is C14H11ClN4S. The molecule has 0 N–H and O–H groups in total. The van der Waals surface area contributed by atoms with Crippen LogP contribution in [-0.4, -0.2) is 16.7 Å². The molecule has 2 aromatic heterocycles. The summed E-state index contributed by atoms with van der Waals surface area (Å²) < 4.78 is 0.935. The maximum atomic E-state index is 6.00. The topological polar surface area (TPSA) is 41.4 Å². The Morgan fingerprint density at radius 2 is 2.05 bits per heavy atom. The van der Waals surface area contributed by atoms with E-state index < -0.39 is 0 Å². The Kier molecular flexibility index (Phi) is 3.38. The van der Waals surface area contributed by atoms with Crippen LogP contribution in [-0.2, 0) is 0 Å². The van der Waals surface area contributed by atoms with Crippen LogP contribution in [0.15, 0.2) is 40.8 Å². The van der Waals surface area contributed by atoms with Crippen molar-refractivity contribution in [3.05, 3.63) is 46.6 Å². The van der Waals surface area contributed by atoms with E-state index in [-0.39, 0.29) is 5.28 Å². The lowest BCUT2D eigenvalue weighted by Gasteiger charge is -2.19. The molecule has 0 spiro atoms. The molecule has 0 atom stereocenters. The number of thiophene rings is 1. The van der Waals surface area contributed by atoms with E-state index >= 15 is 0 Å². The SMILES string of the molecule is C=NN(c1ccccc1C)c1nc(Cl)nc2ccsc12. The summed E-state index contributed by atoms with van der Waals surface area (Å²) in [5.41, 5.74) is 2.82. The Hall–Kier alpha value is -1.98. The summed E-state index contributed by atoms with van der Waals surface area (Å²) in [4.78, 5) is 8.52. The molecule has 0 aliphatic rings. The number of nitrogens with zero attached hydrogens (tertiary/aromatic N) is 4. The summed E-state index contributed by atoms with van der Waals surface area (Å²) in [7, 11) is 0. The van der Waals surface area contributed by atoms with Crippen molar-refractivity contribution < 1.29 is 0 Å². The summed E-state index contributed by atoms with van der Waals surface area (Å²) >= 11 is 7.56. The second-order valence-electron chi connectivity index (χ2n) is 4.19. The number of aryl methyl sites for hydroxylation is 1. The van der Waals surface area contributed by atoms with Gasteiger partial charge < -0.3 is 0 Å². The number of hydrazone groups is 1. The van der Waals surface area contributed by atoms with Crippen molar-refractivity contribution in [2.45, 2.75) is 6.92 Å². The van der Waals surface area contributed by atoms with Gasteiger partial charge in [0.2, 0.25) is 5.28 Å². The molecule has 0 aliphatic carbocycles. The number of para-hydroxylation sites is 1. The van der Waals surface area contributed by atoms with Gasteiger partial charge in [0.25, 0.3) is 0 Å². The van der Waals surface area contributed by atoms with Crippen molar-refractivity contribution >= 4 is 51.4 Å². The van der Waals surface area contributed by atoms with E-state index in [4.69, 9.17) is 11.6 Å². The van der Waals surface area contributed by atoms with Gasteiger partial charge in [0.1, 0.15) is 0 Å². The van der Waals surface area contributed by atoms with Gasteiger partial charge in [-0.25, -0.2) is 9.99 Å². The van der Waals surface area contributed by atoms with Gasteiger partial charge in [-0.2, -0.15) is 10.1 Å². The molecule has 4 nitrogen and oxygen atoms in total. The monoisotopic (exact) mass is 302 g/mol. The number of rotatable bonds is 3. The average Bonchev–Trinajstić information content (AvgIpc) is 2.89. The molecule has 3 rings (SSSR count). The maximum Gasteiger partial charge on any atom is 0.225 e. The van der Waals surface area contributed by atoms with Crippen LogP contribution in [0.1, 0.15) is 5.56 Å². The molecule has 2 heterocycles. The predicted molar refractivity (Wildman–Crippen MR) is 85.3 cm³/mol. The molecule has 1 aromatic carbocycles. The summed E-state index contributed by atoms with van der Waals surface area (Å²) in [5.74, 6) is 0.652. The number of benzene rings is 1. The Morgan fingerprint density at radius 1 is 1.25 bits per heavy atom. The average molecular weight is 303 g/mol. The first-order valence-electron chi connectivity index (χ1n) is 5.94. The van der Waals surface area contributed by atoms with Gasteiger partial charge in [-0.3, -0.25) is 0 Å². The highest BCUT2D eigenvalue weighted by atomic mass is 35.5. The lowest BCUT2D eigenvalue weighted by molar-refractivity contribution is 1.04. The van der Waals surface area contributed by atoms with Gasteiger partial charge in [-0.15, -0.1) is 11.3 Å². The third kappa shape index (κ3) is 2.15. The molecule has 20 heavy (non-hydrogen) atoms. The summed E-state index contributed by atoms with van der Waals surface area (Å²) in [6.07, 6.45) is 0. The molecule has 6 heteroatoms. The standard InChI is InChI=1S/C14H11ClN4S/c1-9-5-3-4-6-11(9)19(16-2)13-12-10(7-8-20-12)17-14(15)18-13/h3-8H,2H2,1H3. The first-order valence-corrected chi connectivity index (χ1v) is 7.19. The minimum absolute atomic E-state index is 0.202. The molecule has 0 amide bonds. The fraction of sp³-hybridized carbons (Fsp3) is 0.0714. The molecule has 0 aliphatic heterocycles. The fourth-order valence-electron chi connectivity index (χ4n) is 2.02. The van der Waals surface area contributed by atoms with Gasteiger partial charge in [0.05, 0.1) is 15.9 Å². The molecule has 0 fully saturated rings.